The van der Waals surface area contributed by atoms with Crippen molar-refractivity contribution in [3.63, 3.8) is 0 Å². The molecule has 210 valence electrons. The molecular weight excluding hydrogens is 506 g/mol. The van der Waals surface area contributed by atoms with Crippen LogP contribution >= 0.6 is 0 Å². The number of hydrogen-bond acceptors (Lipinski definition) is 5. The van der Waals surface area contributed by atoms with Gasteiger partial charge in [-0.2, -0.15) is 0 Å². The van der Waals surface area contributed by atoms with Crippen LogP contribution in [-0.4, -0.2) is 41.8 Å². The number of nitrogens with two attached hydrogens (primary N) is 4. The molecule has 1 saturated carbocycles. The second kappa shape index (κ2) is 13.1. The molecule has 1 aliphatic rings. The van der Waals surface area contributed by atoms with Crippen LogP contribution in [0.3, 0.4) is 0 Å². The Bertz CT molecular complexity index is 1380. The van der Waals surface area contributed by atoms with E-state index in [4.69, 9.17) is 22.9 Å². The van der Waals surface area contributed by atoms with Crippen LogP contribution in [0.5, 0.6) is 0 Å². The topological polar surface area (TPSA) is 192 Å². The lowest BCUT2D eigenvalue weighted by atomic mass is 9.84. The molecule has 40 heavy (non-hydrogen) atoms. The van der Waals surface area contributed by atoms with E-state index in [1.165, 1.54) is 0 Å². The number of rotatable bonds is 10. The zero-order chi connectivity index (χ0) is 28.6. The monoisotopic (exact) mass is 543 g/mol. The first kappa shape index (κ1) is 28.6. The predicted molar refractivity (Wildman–Crippen MR) is 156 cm³/mol. The lowest BCUT2D eigenvalue weighted by molar-refractivity contribution is -0.131. The van der Waals surface area contributed by atoms with Gasteiger partial charge in [-0.05, 0) is 59.7 Å². The van der Waals surface area contributed by atoms with E-state index in [9.17, 15) is 14.4 Å². The molecule has 1 aliphatic carbocycles. The van der Waals surface area contributed by atoms with E-state index < -0.39 is 18.0 Å². The molecule has 1 fully saturated rings. The van der Waals surface area contributed by atoms with Crippen molar-refractivity contribution in [3.8, 4) is 0 Å². The Hall–Kier alpha value is -4.44. The van der Waals surface area contributed by atoms with Crippen molar-refractivity contribution in [1.82, 2.24) is 10.6 Å². The van der Waals surface area contributed by atoms with Crippen LogP contribution in [0.1, 0.15) is 36.8 Å². The van der Waals surface area contributed by atoms with Gasteiger partial charge in [-0.15, -0.1) is 0 Å². The Labute approximate surface area is 233 Å². The molecule has 0 radical (unpaired) electrons. The SMILES string of the molecule is NC(=O)[C@H](Cc1cccc2ccccc12)NC(=O)[C@H]1CCC[C@@H](NC(=O)[C@@H](N)Cc2ccc(N=C(N)N)cc2)C1. The Morgan fingerprint density at radius 3 is 2.35 bits per heavy atom. The van der Waals surface area contributed by atoms with Gasteiger partial charge in [0.2, 0.25) is 17.7 Å². The summed E-state index contributed by atoms with van der Waals surface area (Å²) in [6.07, 6.45) is 3.32. The third kappa shape index (κ3) is 7.57. The minimum absolute atomic E-state index is 0.0294. The highest BCUT2D eigenvalue weighted by molar-refractivity contribution is 5.90. The Balaban J connectivity index is 1.32. The number of nitrogens with zero attached hydrogens (tertiary/aromatic N) is 1. The summed E-state index contributed by atoms with van der Waals surface area (Å²) in [7, 11) is 0. The van der Waals surface area contributed by atoms with Gasteiger partial charge in [0.25, 0.3) is 0 Å². The fourth-order valence-electron chi connectivity index (χ4n) is 5.27. The number of guanidine groups is 1. The van der Waals surface area contributed by atoms with Crippen molar-refractivity contribution in [2.24, 2.45) is 33.8 Å². The summed E-state index contributed by atoms with van der Waals surface area (Å²) in [4.78, 5) is 42.3. The number of carbonyl (C=O) groups excluding carboxylic acids is 3. The molecule has 0 aromatic heterocycles. The quantitative estimate of drug-likeness (QED) is 0.166. The molecule has 4 atom stereocenters. The first-order chi connectivity index (χ1) is 19.2. The zero-order valence-corrected chi connectivity index (χ0v) is 22.4. The standard InChI is InChI=1S/C30H37N7O3/c31-25(15-18-11-13-22(14-12-18)36-30(33)34)29(40)35-23-9-4-8-21(16-23)28(39)37-26(27(32)38)17-20-7-3-6-19-5-1-2-10-24(19)20/h1-3,5-7,10-14,21,23,25-26H,4,8-9,15-17,31H2,(H2,32,38)(H,35,40)(H,37,39)(H4,33,34,36)/t21-,23+,25-,26-/m0/s1. The highest BCUT2D eigenvalue weighted by atomic mass is 16.2. The van der Waals surface area contributed by atoms with Gasteiger partial charge in [-0.3, -0.25) is 14.4 Å². The smallest absolute Gasteiger partial charge is 0.240 e. The van der Waals surface area contributed by atoms with Crippen molar-refractivity contribution in [1.29, 1.82) is 0 Å². The molecule has 10 heteroatoms. The van der Waals surface area contributed by atoms with Crippen molar-refractivity contribution in [2.45, 2.75) is 56.7 Å². The number of benzene rings is 3. The molecule has 10 N–H and O–H groups in total. The molecule has 0 bridgehead atoms. The summed E-state index contributed by atoms with van der Waals surface area (Å²) in [5, 5.41) is 7.95. The minimum atomic E-state index is -0.833. The second-order valence-corrected chi connectivity index (χ2v) is 10.4. The predicted octanol–water partition coefficient (Wildman–Crippen LogP) is 1.50. The average molecular weight is 544 g/mol. The second-order valence-electron chi connectivity index (χ2n) is 10.4. The summed E-state index contributed by atoms with van der Waals surface area (Å²) >= 11 is 0. The fraction of sp³-hybridized carbons (Fsp3) is 0.333. The molecule has 3 aromatic carbocycles. The van der Waals surface area contributed by atoms with Crippen LogP contribution in [-0.2, 0) is 27.2 Å². The third-order valence-electron chi connectivity index (χ3n) is 7.34. The maximum Gasteiger partial charge on any atom is 0.240 e. The van der Waals surface area contributed by atoms with Gasteiger partial charge in [0.1, 0.15) is 6.04 Å². The van der Waals surface area contributed by atoms with Crippen LogP contribution < -0.4 is 33.6 Å². The van der Waals surface area contributed by atoms with E-state index in [1.54, 1.807) is 12.1 Å². The van der Waals surface area contributed by atoms with Gasteiger partial charge in [0, 0.05) is 18.4 Å². The summed E-state index contributed by atoms with van der Waals surface area (Å²) in [6.45, 7) is 0. The van der Waals surface area contributed by atoms with Gasteiger partial charge in [-0.1, -0.05) is 61.0 Å². The Morgan fingerprint density at radius 1 is 0.900 bits per heavy atom. The van der Waals surface area contributed by atoms with Crippen LogP contribution in [0.15, 0.2) is 71.7 Å². The maximum absolute atomic E-state index is 13.2. The van der Waals surface area contributed by atoms with Crippen LogP contribution in [0.4, 0.5) is 5.69 Å². The van der Waals surface area contributed by atoms with E-state index in [2.05, 4.69) is 15.6 Å². The lowest BCUT2D eigenvalue weighted by Crippen LogP contribution is -2.51. The van der Waals surface area contributed by atoms with Crippen molar-refractivity contribution in [2.75, 3.05) is 0 Å². The fourth-order valence-corrected chi connectivity index (χ4v) is 5.27. The number of aliphatic imine (C=N–C) groups is 1. The zero-order valence-electron chi connectivity index (χ0n) is 22.4. The summed E-state index contributed by atoms with van der Waals surface area (Å²) in [5.74, 6) is -1.45. The Morgan fingerprint density at radius 2 is 1.62 bits per heavy atom. The van der Waals surface area contributed by atoms with Crippen LogP contribution in [0.25, 0.3) is 10.8 Å². The third-order valence-corrected chi connectivity index (χ3v) is 7.34. The Kier molecular flexibility index (Phi) is 9.34. The van der Waals surface area contributed by atoms with Gasteiger partial charge in [-0.25, -0.2) is 4.99 Å². The number of nitrogens with one attached hydrogen (secondary N) is 2. The van der Waals surface area contributed by atoms with Gasteiger partial charge >= 0.3 is 0 Å². The lowest BCUT2D eigenvalue weighted by Gasteiger charge is -2.30. The number of hydrogen-bond donors (Lipinski definition) is 6. The molecule has 3 amide bonds. The highest BCUT2D eigenvalue weighted by Crippen LogP contribution is 2.26. The number of fused-ring (bicyclic) bond motifs is 1. The van der Waals surface area contributed by atoms with Crippen LogP contribution in [0, 0.1) is 5.92 Å². The van der Waals surface area contributed by atoms with E-state index in [0.717, 1.165) is 34.7 Å². The highest BCUT2D eigenvalue weighted by Gasteiger charge is 2.31. The first-order valence-corrected chi connectivity index (χ1v) is 13.5. The summed E-state index contributed by atoms with van der Waals surface area (Å²) in [6, 6.07) is 19.2. The van der Waals surface area contributed by atoms with Crippen molar-refractivity contribution in [3.05, 3.63) is 77.9 Å². The largest absolute Gasteiger partial charge is 0.370 e. The van der Waals surface area contributed by atoms with Crippen LogP contribution in [0.2, 0.25) is 0 Å². The molecular formula is C30H37N7O3. The molecule has 4 rings (SSSR count). The maximum atomic E-state index is 13.2. The molecule has 0 spiro atoms. The summed E-state index contributed by atoms with van der Waals surface area (Å²) in [5.41, 5.74) is 25.1. The van der Waals surface area contributed by atoms with Gasteiger partial charge in [0.15, 0.2) is 5.96 Å². The number of amides is 3. The van der Waals surface area contributed by atoms with E-state index in [1.807, 2.05) is 54.6 Å². The molecule has 0 saturated heterocycles. The average Bonchev–Trinajstić information content (AvgIpc) is 2.93. The first-order valence-electron chi connectivity index (χ1n) is 13.5. The molecule has 3 aromatic rings. The van der Waals surface area contributed by atoms with Gasteiger partial charge in [0.05, 0.1) is 11.7 Å². The van der Waals surface area contributed by atoms with E-state index >= 15 is 0 Å². The summed E-state index contributed by atoms with van der Waals surface area (Å²) < 4.78 is 0. The normalized spacial score (nSPS) is 18.3. The molecule has 10 nitrogen and oxygen atoms in total. The molecule has 0 unspecified atom stereocenters. The molecule has 0 aliphatic heterocycles. The number of carbonyl (C=O) groups is 3. The van der Waals surface area contributed by atoms with E-state index in [0.29, 0.717) is 31.4 Å². The number of primary amides is 1. The van der Waals surface area contributed by atoms with Crippen molar-refractivity contribution >= 4 is 40.1 Å². The van der Waals surface area contributed by atoms with Gasteiger partial charge < -0.3 is 33.6 Å². The minimum Gasteiger partial charge on any atom is -0.370 e. The van der Waals surface area contributed by atoms with E-state index in [-0.39, 0.29) is 29.7 Å². The van der Waals surface area contributed by atoms with Crippen molar-refractivity contribution < 1.29 is 14.4 Å². The molecule has 0 heterocycles.